The van der Waals surface area contributed by atoms with Crippen LogP contribution in [0.2, 0.25) is 0 Å². The van der Waals surface area contributed by atoms with E-state index in [9.17, 15) is 19.0 Å². The van der Waals surface area contributed by atoms with E-state index in [1.807, 2.05) is 32.9 Å². The lowest BCUT2D eigenvalue weighted by Gasteiger charge is -2.33. The van der Waals surface area contributed by atoms with E-state index in [1.54, 1.807) is 6.07 Å². The van der Waals surface area contributed by atoms with Crippen LogP contribution in [0.3, 0.4) is 0 Å². The number of fused-ring (bicyclic) bond motifs is 1. The minimum Gasteiger partial charge on any atom is -0.507 e. The second kappa shape index (κ2) is 5.60. The molecule has 1 aliphatic rings. The van der Waals surface area contributed by atoms with Crippen molar-refractivity contribution in [3.05, 3.63) is 53.1 Å². The number of phenolic OH excluding ortho intramolecular Hbond substituents is 1. The molecule has 0 saturated heterocycles. The number of halogens is 2. The number of hydrogen-bond acceptors (Lipinski definition) is 3. The van der Waals surface area contributed by atoms with Gasteiger partial charge in [0, 0.05) is 22.9 Å². The Hall–Kier alpha value is -2.40. The van der Waals surface area contributed by atoms with Crippen molar-refractivity contribution in [2.45, 2.75) is 32.9 Å². The molecule has 0 saturated carbocycles. The second-order valence-corrected chi connectivity index (χ2v) is 6.63. The average molecular weight is 331 g/mol. The fourth-order valence-corrected chi connectivity index (χ4v) is 3.37. The van der Waals surface area contributed by atoms with E-state index in [2.05, 4.69) is 5.32 Å². The summed E-state index contributed by atoms with van der Waals surface area (Å²) in [4.78, 5) is 0. The molecule has 24 heavy (non-hydrogen) atoms. The minimum atomic E-state index is -1.11. The number of aliphatic hydroxyl groups is 1. The summed E-state index contributed by atoms with van der Waals surface area (Å²) < 4.78 is 26.9. The van der Waals surface area contributed by atoms with Crippen LogP contribution >= 0.6 is 0 Å². The molecule has 0 unspecified atom stereocenters. The quantitative estimate of drug-likeness (QED) is 0.763. The van der Waals surface area contributed by atoms with E-state index in [4.69, 9.17) is 0 Å². The van der Waals surface area contributed by atoms with Crippen LogP contribution in [0.15, 0.2) is 30.3 Å². The molecule has 0 aromatic heterocycles. The summed E-state index contributed by atoms with van der Waals surface area (Å²) in [5.41, 5.74) is 3.61. The molecule has 3 nitrogen and oxygen atoms in total. The molecule has 3 rings (SSSR count). The van der Waals surface area contributed by atoms with E-state index in [-0.39, 0.29) is 23.5 Å². The number of benzene rings is 2. The summed E-state index contributed by atoms with van der Waals surface area (Å²) in [5, 5.41) is 23.3. The lowest BCUT2D eigenvalue weighted by atomic mass is 9.85. The Morgan fingerprint density at radius 3 is 2.42 bits per heavy atom. The van der Waals surface area contributed by atoms with Gasteiger partial charge in [-0.2, -0.15) is 0 Å². The van der Waals surface area contributed by atoms with Gasteiger partial charge in [0.05, 0.1) is 12.1 Å². The smallest absolute Gasteiger partial charge is 0.162 e. The van der Waals surface area contributed by atoms with Gasteiger partial charge in [-0.15, -0.1) is 0 Å². The van der Waals surface area contributed by atoms with Gasteiger partial charge in [-0.25, -0.2) is 8.78 Å². The zero-order chi connectivity index (χ0) is 17.6. The zero-order valence-electron chi connectivity index (χ0n) is 13.7. The topological polar surface area (TPSA) is 52.5 Å². The largest absolute Gasteiger partial charge is 0.507 e. The maximum Gasteiger partial charge on any atom is 0.162 e. The average Bonchev–Trinajstić information content (AvgIpc) is 2.48. The number of aromatic hydroxyl groups is 1. The Labute approximate surface area is 139 Å². The third-order valence-electron chi connectivity index (χ3n) is 4.23. The van der Waals surface area contributed by atoms with E-state index in [0.717, 1.165) is 29.0 Å². The molecular weight excluding hydrogens is 312 g/mol. The van der Waals surface area contributed by atoms with Gasteiger partial charge < -0.3 is 15.5 Å². The minimum absolute atomic E-state index is 0.151. The van der Waals surface area contributed by atoms with Gasteiger partial charge in [-0.3, -0.25) is 0 Å². The van der Waals surface area contributed by atoms with Crippen LogP contribution in [0.4, 0.5) is 14.5 Å². The van der Waals surface area contributed by atoms with Gasteiger partial charge in [0.15, 0.2) is 11.6 Å². The molecule has 3 N–H and O–H groups in total. The van der Waals surface area contributed by atoms with Gasteiger partial charge in [-0.1, -0.05) is 12.1 Å². The number of aliphatic hydroxyl groups excluding tert-OH is 1. The molecule has 1 aliphatic heterocycles. The van der Waals surface area contributed by atoms with Gasteiger partial charge in [0.2, 0.25) is 0 Å². The van der Waals surface area contributed by atoms with Crippen molar-refractivity contribution in [1.82, 2.24) is 0 Å². The second-order valence-electron chi connectivity index (χ2n) is 6.63. The van der Waals surface area contributed by atoms with Crippen LogP contribution in [-0.4, -0.2) is 15.8 Å². The summed E-state index contributed by atoms with van der Waals surface area (Å²) in [5.74, 6) is -2.52. The molecule has 2 aromatic rings. The summed E-state index contributed by atoms with van der Waals surface area (Å²) in [7, 11) is 0. The summed E-state index contributed by atoms with van der Waals surface area (Å²) in [6, 6.07) is 5.21. The molecule has 0 spiro atoms. The van der Waals surface area contributed by atoms with Crippen molar-refractivity contribution in [1.29, 1.82) is 0 Å². The van der Waals surface area contributed by atoms with Gasteiger partial charge in [0.1, 0.15) is 5.75 Å². The predicted octanol–water partition coefficient (Wildman–Crippen LogP) is 4.44. The van der Waals surface area contributed by atoms with Crippen LogP contribution in [0.25, 0.3) is 16.7 Å². The molecule has 0 amide bonds. The van der Waals surface area contributed by atoms with E-state index in [0.29, 0.717) is 11.1 Å². The van der Waals surface area contributed by atoms with Crippen molar-refractivity contribution in [2.24, 2.45) is 0 Å². The highest BCUT2D eigenvalue weighted by molar-refractivity contribution is 5.88. The highest BCUT2D eigenvalue weighted by Gasteiger charge is 2.26. The number of rotatable bonds is 2. The number of nitrogens with one attached hydrogen (secondary N) is 1. The lowest BCUT2D eigenvalue weighted by molar-refractivity contribution is 0.282. The fourth-order valence-electron chi connectivity index (χ4n) is 3.37. The van der Waals surface area contributed by atoms with Crippen LogP contribution in [-0.2, 0) is 6.61 Å². The standard InChI is InChI=1S/C19H19F2NO2/c1-10-8-19(2,3)22-16-5-4-11(13(9-23)18(10)16)12-6-14(20)15(21)7-17(12)24/h4-8,22-24H,9H2,1-3H3. The molecule has 0 bridgehead atoms. The first kappa shape index (κ1) is 16.5. The highest BCUT2D eigenvalue weighted by Crippen LogP contribution is 2.42. The van der Waals surface area contributed by atoms with E-state index >= 15 is 0 Å². The molecule has 0 radical (unpaired) electrons. The number of anilines is 1. The van der Waals surface area contributed by atoms with Crippen molar-refractivity contribution in [3.8, 4) is 16.9 Å². The van der Waals surface area contributed by atoms with Gasteiger partial charge >= 0.3 is 0 Å². The number of hydrogen-bond donors (Lipinski definition) is 3. The van der Waals surface area contributed by atoms with Crippen LogP contribution < -0.4 is 5.32 Å². The maximum atomic E-state index is 13.6. The predicted molar refractivity (Wildman–Crippen MR) is 90.7 cm³/mol. The monoisotopic (exact) mass is 331 g/mol. The van der Waals surface area contributed by atoms with Crippen LogP contribution in [0.5, 0.6) is 5.75 Å². The summed E-state index contributed by atoms with van der Waals surface area (Å²) in [6.45, 7) is 5.72. The van der Waals surface area contributed by atoms with Crippen molar-refractivity contribution >= 4 is 11.3 Å². The van der Waals surface area contributed by atoms with Crippen LogP contribution in [0.1, 0.15) is 31.9 Å². The van der Waals surface area contributed by atoms with Gasteiger partial charge in [-0.05, 0) is 49.6 Å². The third kappa shape index (κ3) is 2.65. The van der Waals surface area contributed by atoms with E-state index in [1.165, 1.54) is 0 Å². The van der Waals surface area contributed by atoms with Crippen molar-refractivity contribution in [3.63, 3.8) is 0 Å². The Balaban J connectivity index is 2.26. The van der Waals surface area contributed by atoms with Crippen LogP contribution in [0, 0.1) is 11.6 Å². The van der Waals surface area contributed by atoms with Crippen molar-refractivity contribution in [2.75, 3.05) is 5.32 Å². The maximum absolute atomic E-state index is 13.6. The normalized spacial score (nSPS) is 15.5. The van der Waals surface area contributed by atoms with Crippen molar-refractivity contribution < 1.29 is 19.0 Å². The van der Waals surface area contributed by atoms with E-state index < -0.39 is 11.6 Å². The highest BCUT2D eigenvalue weighted by atomic mass is 19.2. The fraction of sp³-hybridized carbons (Fsp3) is 0.263. The first-order valence-electron chi connectivity index (χ1n) is 7.66. The molecule has 126 valence electrons. The Bertz CT molecular complexity index is 857. The molecule has 0 fully saturated rings. The number of phenols is 1. The lowest BCUT2D eigenvalue weighted by Crippen LogP contribution is -2.31. The summed E-state index contributed by atoms with van der Waals surface area (Å²) >= 11 is 0. The zero-order valence-corrected chi connectivity index (χ0v) is 13.7. The first-order chi connectivity index (χ1) is 11.2. The molecule has 2 aromatic carbocycles. The Morgan fingerprint density at radius 2 is 1.75 bits per heavy atom. The molecule has 5 heteroatoms. The Morgan fingerprint density at radius 1 is 1.08 bits per heavy atom. The Kier molecular flexibility index (Phi) is 3.84. The molecule has 1 heterocycles. The third-order valence-corrected chi connectivity index (χ3v) is 4.23. The summed E-state index contributed by atoms with van der Waals surface area (Å²) in [6.07, 6.45) is 2.05. The molecular formula is C19H19F2NO2. The molecule has 0 aliphatic carbocycles. The number of allylic oxidation sites excluding steroid dienone is 1. The SMILES string of the molecule is CC1=CC(C)(C)Nc2ccc(-c3cc(F)c(F)cc3O)c(CO)c21. The molecule has 0 atom stereocenters. The van der Waals surface area contributed by atoms with Gasteiger partial charge in [0.25, 0.3) is 0 Å². The first-order valence-corrected chi connectivity index (χ1v) is 7.66.